The zero-order chi connectivity index (χ0) is 14.4. The first-order chi connectivity index (χ1) is 9.76. The minimum atomic E-state index is 0.0968. The summed E-state index contributed by atoms with van der Waals surface area (Å²) in [6.45, 7) is 3.11. The van der Waals surface area contributed by atoms with E-state index in [0.717, 1.165) is 24.2 Å². The van der Waals surface area contributed by atoms with Crippen LogP contribution in [0.1, 0.15) is 30.5 Å². The van der Waals surface area contributed by atoms with Crippen molar-refractivity contribution >= 4 is 17.4 Å². The average Bonchev–Trinajstić information content (AvgIpc) is 2.50. The second kappa shape index (κ2) is 7.31. The van der Waals surface area contributed by atoms with Crippen molar-refractivity contribution in [1.29, 1.82) is 0 Å². The standard InChI is InChI=1S/C16H21N3S/c1-3-9-19-16(14-11-18-10-8-15(14)17)12-4-6-13(20-2)7-5-12/h4-8,10-11,16,19H,3,9H2,1-2H3,(H2,17,18). The van der Waals surface area contributed by atoms with Crippen LogP contribution in [0.3, 0.4) is 0 Å². The summed E-state index contributed by atoms with van der Waals surface area (Å²) in [6.07, 6.45) is 6.75. The van der Waals surface area contributed by atoms with Crippen molar-refractivity contribution in [1.82, 2.24) is 10.3 Å². The Kier molecular flexibility index (Phi) is 5.44. The number of thioether (sulfide) groups is 1. The number of benzene rings is 1. The molecule has 3 nitrogen and oxygen atoms in total. The molecule has 0 bridgehead atoms. The van der Waals surface area contributed by atoms with Gasteiger partial charge in [0, 0.05) is 28.5 Å². The number of nitrogen functional groups attached to an aromatic ring is 1. The lowest BCUT2D eigenvalue weighted by Gasteiger charge is -2.21. The Morgan fingerprint density at radius 3 is 2.60 bits per heavy atom. The highest BCUT2D eigenvalue weighted by Crippen LogP contribution is 2.27. The minimum Gasteiger partial charge on any atom is -0.398 e. The molecule has 0 saturated carbocycles. The van der Waals surface area contributed by atoms with Crippen LogP contribution < -0.4 is 11.1 Å². The molecule has 1 aromatic carbocycles. The zero-order valence-electron chi connectivity index (χ0n) is 12.0. The molecule has 20 heavy (non-hydrogen) atoms. The predicted molar refractivity (Wildman–Crippen MR) is 87.0 cm³/mol. The van der Waals surface area contributed by atoms with E-state index in [1.807, 2.05) is 12.3 Å². The number of anilines is 1. The van der Waals surface area contributed by atoms with Gasteiger partial charge in [0.2, 0.25) is 0 Å². The number of hydrogen-bond donors (Lipinski definition) is 2. The summed E-state index contributed by atoms with van der Waals surface area (Å²) in [4.78, 5) is 5.48. The molecular weight excluding hydrogens is 266 g/mol. The molecule has 2 aromatic rings. The Balaban J connectivity index is 2.33. The van der Waals surface area contributed by atoms with E-state index in [1.54, 1.807) is 18.0 Å². The molecule has 0 fully saturated rings. The highest BCUT2D eigenvalue weighted by molar-refractivity contribution is 7.98. The number of nitrogens with two attached hydrogens (primary N) is 1. The first-order valence-corrected chi connectivity index (χ1v) is 8.05. The van der Waals surface area contributed by atoms with Crippen molar-refractivity contribution in [2.75, 3.05) is 18.5 Å². The van der Waals surface area contributed by atoms with Crippen molar-refractivity contribution in [3.8, 4) is 0 Å². The maximum atomic E-state index is 6.10. The molecule has 0 spiro atoms. The summed E-state index contributed by atoms with van der Waals surface area (Å²) in [6, 6.07) is 10.6. The van der Waals surface area contributed by atoms with Crippen LogP contribution in [0.25, 0.3) is 0 Å². The average molecular weight is 287 g/mol. The number of rotatable bonds is 6. The van der Waals surface area contributed by atoms with Gasteiger partial charge in [0.1, 0.15) is 0 Å². The summed E-state index contributed by atoms with van der Waals surface area (Å²) in [5.74, 6) is 0. The highest BCUT2D eigenvalue weighted by atomic mass is 32.2. The highest BCUT2D eigenvalue weighted by Gasteiger charge is 2.16. The fraction of sp³-hybridized carbons (Fsp3) is 0.312. The normalized spacial score (nSPS) is 12.3. The summed E-state index contributed by atoms with van der Waals surface area (Å²) in [5.41, 5.74) is 9.14. The van der Waals surface area contributed by atoms with Crippen molar-refractivity contribution in [2.45, 2.75) is 24.3 Å². The van der Waals surface area contributed by atoms with Crippen LogP contribution in [0.4, 0.5) is 5.69 Å². The molecular formula is C16H21N3S. The van der Waals surface area contributed by atoms with Gasteiger partial charge in [-0.15, -0.1) is 11.8 Å². The van der Waals surface area contributed by atoms with Gasteiger partial charge in [-0.1, -0.05) is 19.1 Å². The van der Waals surface area contributed by atoms with Gasteiger partial charge in [0.05, 0.1) is 6.04 Å². The van der Waals surface area contributed by atoms with E-state index >= 15 is 0 Å². The van der Waals surface area contributed by atoms with Crippen LogP contribution in [-0.4, -0.2) is 17.8 Å². The van der Waals surface area contributed by atoms with Gasteiger partial charge in [-0.2, -0.15) is 0 Å². The lowest BCUT2D eigenvalue weighted by molar-refractivity contribution is 0.598. The Labute approximate surface area is 125 Å². The fourth-order valence-electron chi connectivity index (χ4n) is 2.15. The molecule has 0 radical (unpaired) electrons. The summed E-state index contributed by atoms with van der Waals surface area (Å²) < 4.78 is 0. The van der Waals surface area contributed by atoms with Crippen molar-refractivity contribution in [3.05, 3.63) is 53.9 Å². The third-order valence-corrected chi connectivity index (χ3v) is 3.99. The molecule has 1 heterocycles. The van der Waals surface area contributed by atoms with E-state index in [2.05, 4.69) is 47.7 Å². The molecule has 1 atom stereocenters. The second-order valence-electron chi connectivity index (χ2n) is 4.66. The van der Waals surface area contributed by atoms with Gasteiger partial charge < -0.3 is 11.1 Å². The topological polar surface area (TPSA) is 50.9 Å². The van der Waals surface area contributed by atoms with Gasteiger partial charge in [-0.3, -0.25) is 4.98 Å². The van der Waals surface area contributed by atoms with Crippen molar-refractivity contribution < 1.29 is 0 Å². The molecule has 0 aliphatic carbocycles. The monoisotopic (exact) mass is 287 g/mol. The molecule has 2 rings (SSSR count). The Morgan fingerprint density at radius 1 is 1.25 bits per heavy atom. The summed E-state index contributed by atoms with van der Waals surface area (Å²) in [5, 5.41) is 3.55. The van der Waals surface area contributed by atoms with Crippen molar-refractivity contribution in [3.63, 3.8) is 0 Å². The SMILES string of the molecule is CCCNC(c1ccc(SC)cc1)c1cnccc1N. The van der Waals surface area contributed by atoms with Crippen LogP contribution in [0.2, 0.25) is 0 Å². The van der Waals surface area contributed by atoms with Gasteiger partial charge in [-0.25, -0.2) is 0 Å². The number of hydrogen-bond acceptors (Lipinski definition) is 4. The molecule has 0 aliphatic rings. The zero-order valence-corrected chi connectivity index (χ0v) is 12.8. The van der Waals surface area contributed by atoms with E-state index in [9.17, 15) is 0 Å². The molecule has 4 heteroatoms. The maximum Gasteiger partial charge on any atom is 0.0612 e. The largest absolute Gasteiger partial charge is 0.398 e. The van der Waals surface area contributed by atoms with Gasteiger partial charge in [0.25, 0.3) is 0 Å². The van der Waals surface area contributed by atoms with E-state index in [1.165, 1.54) is 10.5 Å². The van der Waals surface area contributed by atoms with E-state index in [4.69, 9.17) is 5.73 Å². The van der Waals surface area contributed by atoms with Crippen molar-refractivity contribution in [2.24, 2.45) is 0 Å². The molecule has 0 amide bonds. The smallest absolute Gasteiger partial charge is 0.0612 e. The third-order valence-electron chi connectivity index (χ3n) is 3.25. The number of pyridine rings is 1. The maximum absolute atomic E-state index is 6.10. The summed E-state index contributed by atoms with van der Waals surface area (Å²) >= 11 is 1.75. The van der Waals surface area contributed by atoms with Gasteiger partial charge in [-0.05, 0) is 43.0 Å². The molecule has 1 aromatic heterocycles. The Morgan fingerprint density at radius 2 is 2.00 bits per heavy atom. The number of nitrogens with zero attached hydrogens (tertiary/aromatic N) is 1. The molecule has 106 valence electrons. The molecule has 0 aliphatic heterocycles. The van der Waals surface area contributed by atoms with E-state index in [-0.39, 0.29) is 6.04 Å². The summed E-state index contributed by atoms with van der Waals surface area (Å²) in [7, 11) is 0. The molecule has 3 N–H and O–H groups in total. The van der Waals surface area contributed by atoms with Crippen LogP contribution in [-0.2, 0) is 0 Å². The lowest BCUT2D eigenvalue weighted by atomic mass is 9.99. The molecule has 0 saturated heterocycles. The Hall–Kier alpha value is -1.52. The van der Waals surface area contributed by atoms with Gasteiger partial charge in [0.15, 0.2) is 0 Å². The number of nitrogens with one attached hydrogen (secondary N) is 1. The minimum absolute atomic E-state index is 0.0968. The lowest BCUT2D eigenvalue weighted by Crippen LogP contribution is -2.24. The van der Waals surface area contributed by atoms with Gasteiger partial charge >= 0.3 is 0 Å². The Bertz CT molecular complexity index is 540. The number of aromatic nitrogens is 1. The van der Waals surface area contributed by atoms with Crippen LogP contribution in [0.5, 0.6) is 0 Å². The first kappa shape index (κ1) is 14.9. The first-order valence-electron chi connectivity index (χ1n) is 6.83. The van der Waals surface area contributed by atoms with E-state index in [0.29, 0.717) is 0 Å². The van der Waals surface area contributed by atoms with Crippen LogP contribution in [0.15, 0.2) is 47.6 Å². The third kappa shape index (κ3) is 3.52. The molecule has 1 unspecified atom stereocenters. The van der Waals surface area contributed by atoms with Crippen LogP contribution >= 0.6 is 11.8 Å². The predicted octanol–water partition coefficient (Wildman–Crippen LogP) is 3.47. The fourth-order valence-corrected chi connectivity index (χ4v) is 2.56. The quantitative estimate of drug-likeness (QED) is 0.799. The van der Waals surface area contributed by atoms with Crippen LogP contribution in [0, 0.1) is 0 Å². The second-order valence-corrected chi connectivity index (χ2v) is 5.54. The van der Waals surface area contributed by atoms with E-state index < -0.39 is 0 Å².